The molecule has 0 bridgehead atoms. The zero-order chi connectivity index (χ0) is 6.41. The normalized spacial score (nSPS) is 11.1. The monoisotopic (exact) mass is 116 g/mol. The molecule has 0 rings (SSSR count). The first kappa shape index (κ1) is 7.27. The predicted octanol–water partition coefficient (Wildman–Crippen LogP) is 0.576. The minimum absolute atomic E-state index is 0.729. The first-order chi connectivity index (χ1) is 3.85. The summed E-state index contributed by atoms with van der Waals surface area (Å²) in [6.07, 6.45) is 0.831. The smallest absolute Gasteiger partial charge is 0.205 e. The summed E-state index contributed by atoms with van der Waals surface area (Å²) in [5, 5.41) is 3.81. The maximum atomic E-state index is 4.83. The Morgan fingerprint density at radius 2 is 2.38 bits per heavy atom. The Morgan fingerprint density at radius 1 is 1.75 bits per heavy atom. The van der Waals surface area contributed by atoms with Gasteiger partial charge in [0.15, 0.2) is 0 Å². The van der Waals surface area contributed by atoms with Crippen LogP contribution in [-0.2, 0) is 4.74 Å². The molecule has 48 valence electrons. The van der Waals surface area contributed by atoms with Crippen LogP contribution in [0, 0.1) is 0 Å². The second kappa shape index (κ2) is 4.43. The van der Waals surface area contributed by atoms with Gasteiger partial charge in [-0.2, -0.15) is 0 Å². The SMILES string of the molecule is CC/C(=N/NC)OC. The lowest BCUT2D eigenvalue weighted by Gasteiger charge is -1.98. The number of hydrogen-bond acceptors (Lipinski definition) is 3. The summed E-state index contributed by atoms with van der Waals surface area (Å²) in [5.74, 6) is 0.729. The molecule has 0 saturated carbocycles. The van der Waals surface area contributed by atoms with E-state index >= 15 is 0 Å². The fourth-order valence-corrected chi connectivity index (χ4v) is 0.394. The maximum Gasteiger partial charge on any atom is 0.205 e. The zero-order valence-corrected chi connectivity index (χ0v) is 5.56. The van der Waals surface area contributed by atoms with Gasteiger partial charge in [0.05, 0.1) is 7.11 Å². The van der Waals surface area contributed by atoms with Gasteiger partial charge in [0.1, 0.15) is 0 Å². The Kier molecular flexibility index (Phi) is 4.03. The molecule has 0 spiro atoms. The minimum atomic E-state index is 0.729. The van der Waals surface area contributed by atoms with E-state index in [1.165, 1.54) is 0 Å². The highest BCUT2D eigenvalue weighted by Crippen LogP contribution is 1.82. The van der Waals surface area contributed by atoms with Gasteiger partial charge in [0.2, 0.25) is 5.90 Å². The van der Waals surface area contributed by atoms with Crippen molar-refractivity contribution in [3.63, 3.8) is 0 Å². The number of rotatable bonds is 2. The van der Waals surface area contributed by atoms with Crippen LogP contribution in [-0.4, -0.2) is 20.1 Å². The molecule has 0 amide bonds. The van der Waals surface area contributed by atoms with Crippen molar-refractivity contribution in [3.05, 3.63) is 0 Å². The molecule has 0 aliphatic heterocycles. The van der Waals surface area contributed by atoms with Crippen molar-refractivity contribution in [3.8, 4) is 0 Å². The van der Waals surface area contributed by atoms with E-state index in [2.05, 4.69) is 10.5 Å². The topological polar surface area (TPSA) is 33.6 Å². The van der Waals surface area contributed by atoms with E-state index in [1.807, 2.05) is 6.92 Å². The van der Waals surface area contributed by atoms with E-state index in [1.54, 1.807) is 14.2 Å². The summed E-state index contributed by atoms with van der Waals surface area (Å²) in [7, 11) is 3.36. The van der Waals surface area contributed by atoms with Crippen LogP contribution >= 0.6 is 0 Å². The lowest BCUT2D eigenvalue weighted by Crippen LogP contribution is -2.05. The van der Waals surface area contributed by atoms with Gasteiger partial charge in [-0.25, -0.2) is 0 Å². The Hall–Kier alpha value is -0.730. The zero-order valence-electron chi connectivity index (χ0n) is 5.56. The third kappa shape index (κ3) is 2.44. The van der Waals surface area contributed by atoms with E-state index in [0.29, 0.717) is 0 Å². The highest BCUT2D eigenvalue weighted by Gasteiger charge is 1.87. The summed E-state index contributed by atoms with van der Waals surface area (Å²) in [4.78, 5) is 0. The molecule has 0 atom stereocenters. The van der Waals surface area contributed by atoms with Gasteiger partial charge < -0.3 is 10.2 Å². The van der Waals surface area contributed by atoms with E-state index in [-0.39, 0.29) is 0 Å². The Balaban J connectivity index is 3.49. The number of methoxy groups -OCH3 is 1. The standard InChI is InChI=1S/C5H12N2O/c1-4-5(8-3)7-6-2/h6H,4H2,1-3H3/b7-5-. The van der Waals surface area contributed by atoms with Crippen molar-refractivity contribution in [2.24, 2.45) is 5.10 Å². The molecule has 0 aromatic carbocycles. The van der Waals surface area contributed by atoms with Crippen LogP contribution in [0.5, 0.6) is 0 Å². The van der Waals surface area contributed by atoms with Crippen LogP contribution in [0.15, 0.2) is 5.10 Å². The Bertz CT molecular complexity index is 74.5. The quantitative estimate of drug-likeness (QED) is 0.325. The van der Waals surface area contributed by atoms with Crippen LogP contribution in [0.4, 0.5) is 0 Å². The molecule has 0 heterocycles. The summed E-state index contributed by atoms with van der Waals surface area (Å²) < 4.78 is 4.83. The average Bonchev–Trinajstić information content (AvgIpc) is 1.83. The molecular formula is C5H12N2O. The Labute approximate surface area is 49.7 Å². The summed E-state index contributed by atoms with van der Waals surface area (Å²) in [6.45, 7) is 1.99. The fourth-order valence-electron chi connectivity index (χ4n) is 0.394. The van der Waals surface area contributed by atoms with Crippen LogP contribution in [0.1, 0.15) is 13.3 Å². The molecule has 0 aromatic rings. The summed E-state index contributed by atoms with van der Waals surface area (Å²) >= 11 is 0. The van der Waals surface area contributed by atoms with E-state index < -0.39 is 0 Å². The number of hydrazone groups is 1. The third-order valence-electron chi connectivity index (χ3n) is 0.775. The van der Waals surface area contributed by atoms with Crippen molar-refractivity contribution in [2.45, 2.75) is 13.3 Å². The van der Waals surface area contributed by atoms with Gasteiger partial charge in [0.25, 0.3) is 0 Å². The van der Waals surface area contributed by atoms with E-state index in [0.717, 1.165) is 12.3 Å². The van der Waals surface area contributed by atoms with Crippen molar-refractivity contribution < 1.29 is 4.74 Å². The van der Waals surface area contributed by atoms with Gasteiger partial charge in [-0.15, -0.1) is 5.10 Å². The van der Waals surface area contributed by atoms with Gasteiger partial charge >= 0.3 is 0 Å². The molecule has 0 fully saturated rings. The molecule has 0 radical (unpaired) electrons. The fraction of sp³-hybridized carbons (Fsp3) is 0.800. The average molecular weight is 116 g/mol. The molecule has 0 saturated heterocycles. The van der Waals surface area contributed by atoms with Crippen LogP contribution in [0.3, 0.4) is 0 Å². The molecular weight excluding hydrogens is 104 g/mol. The van der Waals surface area contributed by atoms with Crippen molar-refractivity contribution >= 4 is 5.90 Å². The number of nitrogens with zero attached hydrogens (tertiary/aromatic N) is 1. The predicted molar refractivity (Wildman–Crippen MR) is 33.8 cm³/mol. The van der Waals surface area contributed by atoms with Crippen LogP contribution < -0.4 is 5.43 Å². The molecule has 0 aromatic heterocycles. The second-order valence-corrected chi connectivity index (χ2v) is 1.29. The molecule has 8 heavy (non-hydrogen) atoms. The molecule has 1 N–H and O–H groups in total. The number of ether oxygens (including phenoxy) is 1. The second-order valence-electron chi connectivity index (χ2n) is 1.29. The molecule has 0 unspecified atom stereocenters. The minimum Gasteiger partial charge on any atom is -0.483 e. The van der Waals surface area contributed by atoms with E-state index in [4.69, 9.17) is 4.74 Å². The first-order valence-electron chi connectivity index (χ1n) is 2.62. The van der Waals surface area contributed by atoms with Crippen LogP contribution in [0.25, 0.3) is 0 Å². The van der Waals surface area contributed by atoms with Crippen molar-refractivity contribution in [1.82, 2.24) is 5.43 Å². The van der Waals surface area contributed by atoms with Gasteiger partial charge in [-0.1, -0.05) is 6.92 Å². The Morgan fingerprint density at radius 3 is 2.50 bits per heavy atom. The molecule has 0 aliphatic rings. The molecule has 0 aliphatic carbocycles. The van der Waals surface area contributed by atoms with Gasteiger partial charge in [-0.3, -0.25) is 0 Å². The van der Waals surface area contributed by atoms with Gasteiger partial charge in [-0.05, 0) is 0 Å². The highest BCUT2D eigenvalue weighted by atomic mass is 16.5. The van der Waals surface area contributed by atoms with Gasteiger partial charge in [0, 0.05) is 13.5 Å². The lowest BCUT2D eigenvalue weighted by molar-refractivity contribution is 0.387. The maximum absolute atomic E-state index is 4.83. The highest BCUT2D eigenvalue weighted by molar-refractivity contribution is 5.75. The van der Waals surface area contributed by atoms with E-state index in [9.17, 15) is 0 Å². The van der Waals surface area contributed by atoms with Crippen molar-refractivity contribution in [1.29, 1.82) is 0 Å². The largest absolute Gasteiger partial charge is 0.483 e. The third-order valence-corrected chi connectivity index (χ3v) is 0.775. The molecule has 3 heteroatoms. The van der Waals surface area contributed by atoms with Crippen LogP contribution in [0.2, 0.25) is 0 Å². The van der Waals surface area contributed by atoms with Crippen molar-refractivity contribution in [2.75, 3.05) is 14.2 Å². The summed E-state index contributed by atoms with van der Waals surface area (Å²) in [6, 6.07) is 0. The summed E-state index contributed by atoms with van der Waals surface area (Å²) in [5.41, 5.74) is 2.63. The first-order valence-corrected chi connectivity index (χ1v) is 2.62. The molecule has 3 nitrogen and oxygen atoms in total. The lowest BCUT2D eigenvalue weighted by atomic mass is 10.5. The number of hydrogen-bond donors (Lipinski definition) is 1. The number of nitrogens with one attached hydrogen (secondary N) is 1.